The third-order valence-corrected chi connectivity index (χ3v) is 5.89. The number of aromatic hydroxyl groups is 1. The molecule has 1 saturated heterocycles. The van der Waals surface area contributed by atoms with E-state index >= 15 is 0 Å². The van der Waals surface area contributed by atoms with Crippen LogP contribution in [-0.4, -0.2) is 27.4 Å². The van der Waals surface area contributed by atoms with Gasteiger partial charge in [0.05, 0.1) is 22.6 Å². The summed E-state index contributed by atoms with van der Waals surface area (Å²) in [5.74, 6) is -0.945. The number of nitro benzene ring substituents is 1. The Bertz CT molecular complexity index is 1250. The maximum atomic E-state index is 13.1. The fourth-order valence-corrected chi connectivity index (χ4v) is 4.51. The molecular weight excluding hydrogens is 424 g/mol. The third kappa shape index (κ3) is 3.38. The zero-order chi connectivity index (χ0) is 21.4. The van der Waals surface area contributed by atoms with E-state index in [1.165, 1.54) is 30.2 Å². The Kier molecular flexibility index (Phi) is 5.15. The second-order valence-corrected chi connectivity index (χ2v) is 8.04. The molecule has 0 saturated carbocycles. The number of phenolic OH excluding ortho intramolecular Hbond substituents is 1. The van der Waals surface area contributed by atoms with Crippen LogP contribution in [0.1, 0.15) is 5.56 Å². The van der Waals surface area contributed by atoms with Gasteiger partial charge in [-0.25, -0.2) is 0 Å². The molecule has 0 unspecified atom stereocenters. The number of carbonyl (C=O) groups excluding carboxylic acids is 1. The molecule has 0 aromatic heterocycles. The van der Waals surface area contributed by atoms with Crippen molar-refractivity contribution in [1.29, 1.82) is 0 Å². The van der Waals surface area contributed by atoms with E-state index in [0.29, 0.717) is 20.5 Å². The molecule has 7 nitrogen and oxygen atoms in total. The molecule has 0 aliphatic carbocycles. The van der Waals surface area contributed by atoms with Crippen LogP contribution in [0.2, 0.25) is 0 Å². The van der Waals surface area contributed by atoms with Crippen LogP contribution in [0.5, 0.6) is 11.5 Å². The summed E-state index contributed by atoms with van der Waals surface area (Å²) < 4.78 is 5.38. The van der Waals surface area contributed by atoms with Gasteiger partial charge in [-0.15, -0.1) is 0 Å². The molecule has 150 valence electrons. The Morgan fingerprint density at radius 3 is 2.67 bits per heavy atom. The van der Waals surface area contributed by atoms with Gasteiger partial charge in [0, 0.05) is 11.5 Å². The van der Waals surface area contributed by atoms with Gasteiger partial charge in [0.15, 0.2) is 10.1 Å². The molecule has 0 spiro atoms. The fourth-order valence-electron chi connectivity index (χ4n) is 3.22. The highest BCUT2D eigenvalue weighted by molar-refractivity contribution is 8.27. The van der Waals surface area contributed by atoms with E-state index in [2.05, 4.69) is 0 Å². The molecule has 30 heavy (non-hydrogen) atoms. The summed E-state index contributed by atoms with van der Waals surface area (Å²) in [6.07, 6.45) is 1.50. The number of fused-ring (bicyclic) bond motifs is 1. The molecule has 1 aliphatic heterocycles. The first kappa shape index (κ1) is 19.9. The molecular formula is C21H14N2O5S2. The van der Waals surface area contributed by atoms with Gasteiger partial charge in [0.1, 0.15) is 0 Å². The Morgan fingerprint density at radius 1 is 1.20 bits per heavy atom. The summed E-state index contributed by atoms with van der Waals surface area (Å²) in [4.78, 5) is 25.4. The minimum absolute atomic E-state index is 0.0556. The van der Waals surface area contributed by atoms with Gasteiger partial charge in [0.2, 0.25) is 5.75 Å². The molecule has 0 radical (unpaired) electrons. The summed E-state index contributed by atoms with van der Waals surface area (Å²) in [5, 5.41) is 23.0. The number of benzene rings is 3. The van der Waals surface area contributed by atoms with E-state index < -0.39 is 16.4 Å². The van der Waals surface area contributed by atoms with E-state index in [1.54, 1.807) is 0 Å². The maximum Gasteiger partial charge on any atom is 0.315 e. The third-order valence-electron chi connectivity index (χ3n) is 4.59. The van der Waals surface area contributed by atoms with Crippen LogP contribution >= 0.6 is 24.0 Å². The number of ether oxygens (including phenoxy) is 1. The highest BCUT2D eigenvalue weighted by atomic mass is 32.2. The summed E-state index contributed by atoms with van der Waals surface area (Å²) in [7, 11) is 1.29. The first-order valence-corrected chi connectivity index (χ1v) is 9.94. The number of nitro groups is 1. The molecule has 1 amide bonds. The number of amides is 1. The molecule has 1 aliphatic rings. The van der Waals surface area contributed by atoms with Crippen LogP contribution in [0.25, 0.3) is 16.8 Å². The average molecular weight is 438 g/mol. The summed E-state index contributed by atoms with van der Waals surface area (Å²) in [6.45, 7) is 0. The topological polar surface area (TPSA) is 92.9 Å². The van der Waals surface area contributed by atoms with Crippen LogP contribution in [-0.2, 0) is 4.79 Å². The van der Waals surface area contributed by atoms with Gasteiger partial charge in [-0.1, -0.05) is 60.4 Å². The molecule has 3 aromatic carbocycles. The number of anilines is 1. The fraction of sp³-hybridized carbons (Fsp3) is 0.0476. The number of carbonyl (C=O) groups is 1. The Morgan fingerprint density at radius 2 is 1.93 bits per heavy atom. The minimum Gasteiger partial charge on any atom is -0.500 e. The van der Waals surface area contributed by atoms with Crippen LogP contribution in [0.15, 0.2) is 59.5 Å². The summed E-state index contributed by atoms with van der Waals surface area (Å²) in [5.41, 5.74) is 0.508. The van der Waals surface area contributed by atoms with E-state index in [0.717, 1.165) is 22.5 Å². The molecule has 3 aromatic rings. The van der Waals surface area contributed by atoms with Crippen LogP contribution < -0.4 is 9.64 Å². The lowest BCUT2D eigenvalue weighted by Crippen LogP contribution is -2.27. The van der Waals surface area contributed by atoms with Gasteiger partial charge in [-0.05, 0) is 29.2 Å². The monoisotopic (exact) mass is 438 g/mol. The Balaban J connectivity index is 1.77. The highest BCUT2D eigenvalue weighted by Crippen LogP contribution is 2.41. The number of hydrogen-bond donors (Lipinski definition) is 1. The largest absolute Gasteiger partial charge is 0.500 e. The Labute approximate surface area is 180 Å². The van der Waals surface area contributed by atoms with Gasteiger partial charge in [0.25, 0.3) is 5.91 Å². The molecule has 1 heterocycles. The predicted molar refractivity (Wildman–Crippen MR) is 121 cm³/mol. The van der Waals surface area contributed by atoms with Crippen molar-refractivity contribution in [1.82, 2.24) is 0 Å². The van der Waals surface area contributed by atoms with Crippen molar-refractivity contribution in [2.24, 2.45) is 0 Å². The lowest BCUT2D eigenvalue weighted by atomic mass is 10.1. The lowest BCUT2D eigenvalue weighted by molar-refractivity contribution is -0.386. The first-order valence-electron chi connectivity index (χ1n) is 8.72. The van der Waals surface area contributed by atoms with Gasteiger partial charge < -0.3 is 9.84 Å². The van der Waals surface area contributed by atoms with Crippen molar-refractivity contribution in [2.45, 2.75) is 0 Å². The van der Waals surface area contributed by atoms with Crippen molar-refractivity contribution in [3.8, 4) is 11.5 Å². The number of hydrogen-bond acceptors (Lipinski definition) is 7. The molecule has 4 rings (SSSR count). The van der Waals surface area contributed by atoms with Crippen molar-refractivity contribution in [3.63, 3.8) is 0 Å². The van der Waals surface area contributed by atoms with Gasteiger partial charge >= 0.3 is 5.69 Å². The van der Waals surface area contributed by atoms with Crippen LogP contribution in [0.3, 0.4) is 0 Å². The molecule has 0 bridgehead atoms. The zero-order valence-corrected chi connectivity index (χ0v) is 17.2. The van der Waals surface area contributed by atoms with E-state index in [-0.39, 0.29) is 11.7 Å². The van der Waals surface area contributed by atoms with Crippen LogP contribution in [0.4, 0.5) is 11.4 Å². The van der Waals surface area contributed by atoms with E-state index in [9.17, 15) is 20.0 Å². The Hall–Kier alpha value is -3.43. The molecule has 1 N–H and O–H groups in total. The average Bonchev–Trinajstić information content (AvgIpc) is 3.01. The van der Waals surface area contributed by atoms with Gasteiger partial charge in [-0.2, -0.15) is 0 Å². The minimum atomic E-state index is -0.712. The van der Waals surface area contributed by atoms with Gasteiger partial charge in [-0.3, -0.25) is 19.8 Å². The quantitative estimate of drug-likeness (QED) is 0.269. The van der Waals surface area contributed by atoms with E-state index in [4.69, 9.17) is 17.0 Å². The van der Waals surface area contributed by atoms with E-state index in [1.807, 2.05) is 42.5 Å². The van der Waals surface area contributed by atoms with Crippen LogP contribution in [0, 0.1) is 10.1 Å². The van der Waals surface area contributed by atoms with Crippen molar-refractivity contribution in [2.75, 3.05) is 12.0 Å². The number of methoxy groups -OCH3 is 1. The van der Waals surface area contributed by atoms with Crippen molar-refractivity contribution in [3.05, 3.63) is 75.2 Å². The summed E-state index contributed by atoms with van der Waals surface area (Å²) >= 11 is 6.55. The van der Waals surface area contributed by atoms with Crippen molar-refractivity contribution < 1.29 is 19.6 Å². The smallest absolute Gasteiger partial charge is 0.315 e. The van der Waals surface area contributed by atoms with Crippen molar-refractivity contribution >= 4 is 62.4 Å². The second-order valence-electron chi connectivity index (χ2n) is 6.36. The number of rotatable bonds is 4. The molecule has 1 fully saturated rings. The normalized spacial score (nSPS) is 15.2. The maximum absolute atomic E-state index is 13.1. The standard InChI is InChI=1S/C21H14N2O5S2/c1-28-17-10-12(9-16(19(17)24)23(26)27)11-18-20(25)22(21(29)30-18)15-8-4-6-13-5-2-3-7-14(13)15/h2-11,24H,1H3/b18-11-. The first-order chi connectivity index (χ1) is 14.4. The number of phenols is 1. The summed E-state index contributed by atoms with van der Waals surface area (Å²) in [6, 6.07) is 15.9. The molecule has 0 atom stereocenters. The number of thiocarbonyl (C=S) groups is 1. The molecule has 9 heteroatoms. The SMILES string of the molecule is COc1cc(/C=C2\SC(=S)N(c3cccc4ccccc34)C2=O)cc([N+](=O)[O-])c1O. The predicted octanol–water partition coefficient (Wildman–Crippen LogP) is 4.87. The second kappa shape index (κ2) is 7.77. The highest BCUT2D eigenvalue weighted by Gasteiger charge is 2.34. The lowest BCUT2D eigenvalue weighted by Gasteiger charge is -2.17. The zero-order valence-electron chi connectivity index (χ0n) is 15.6. The number of nitrogens with zero attached hydrogens (tertiary/aromatic N) is 2. The number of thioether (sulfide) groups is 1.